The Kier molecular flexibility index (Phi) is 8.62. The van der Waals surface area contributed by atoms with Gasteiger partial charge in [-0.15, -0.1) is 6.58 Å². The van der Waals surface area contributed by atoms with E-state index in [1.165, 1.54) is 21.3 Å². The number of methoxy groups -OCH3 is 2. The van der Waals surface area contributed by atoms with Crippen LogP contribution >= 0.6 is 0 Å². The molecule has 0 aromatic carbocycles. The molecule has 0 amide bonds. The van der Waals surface area contributed by atoms with Gasteiger partial charge in [-0.05, 0) is 13.8 Å². The largest absolute Gasteiger partial charge is 0.683 e. The molecule has 108 valence electrons. The monoisotopic (exact) mass is 280 g/mol. The molecular weight excluding hydrogens is 256 g/mol. The lowest BCUT2D eigenvalue weighted by molar-refractivity contribution is -0.344. The average molecular weight is 280 g/mol. The van der Waals surface area contributed by atoms with E-state index in [4.69, 9.17) is 27.2 Å². The molecule has 0 saturated heterocycles. The molecule has 0 N–H and O–H groups in total. The molecule has 0 spiro atoms. The van der Waals surface area contributed by atoms with Gasteiger partial charge in [0.05, 0.1) is 0 Å². The van der Waals surface area contributed by atoms with Gasteiger partial charge in [0.1, 0.15) is 0 Å². The highest BCUT2D eigenvalue weighted by atomic mass is 28.4. The predicted molar refractivity (Wildman–Crippen MR) is 68.7 cm³/mol. The van der Waals surface area contributed by atoms with Gasteiger partial charge in [0.15, 0.2) is 0 Å². The highest BCUT2D eigenvalue weighted by Crippen LogP contribution is 2.26. The van der Waals surface area contributed by atoms with E-state index in [1.54, 1.807) is 6.08 Å². The molecule has 0 fully saturated rings. The van der Waals surface area contributed by atoms with Crippen molar-refractivity contribution in [3.05, 3.63) is 12.7 Å². The van der Waals surface area contributed by atoms with Crippen molar-refractivity contribution in [3.8, 4) is 0 Å². The summed E-state index contributed by atoms with van der Waals surface area (Å²) in [6.07, 6.45) is 1.94. The van der Waals surface area contributed by atoms with Crippen LogP contribution in [0.2, 0.25) is 0 Å². The number of hydrogen-bond acceptors (Lipinski definition) is 6. The Morgan fingerprint density at radius 3 is 1.83 bits per heavy atom. The first-order valence-corrected chi connectivity index (χ1v) is 7.45. The molecule has 6 nitrogen and oxygen atoms in total. The fourth-order valence-corrected chi connectivity index (χ4v) is 3.21. The summed E-state index contributed by atoms with van der Waals surface area (Å²) in [4.78, 5) is 0. The van der Waals surface area contributed by atoms with Crippen molar-refractivity contribution in [2.75, 3.05) is 34.5 Å². The van der Waals surface area contributed by atoms with Gasteiger partial charge in [0.2, 0.25) is 0 Å². The third kappa shape index (κ3) is 4.77. The maximum Gasteiger partial charge on any atom is 0.683 e. The summed E-state index contributed by atoms with van der Waals surface area (Å²) >= 11 is 0. The average Bonchev–Trinajstić information content (AvgIpc) is 2.38. The summed E-state index contributed by atoms with van der Waals surface area (Å²) in [7, 11) is 1.14. The highest BCUT2D eigenvalue weighted by molar-refractivity contribution is 6.53. The molecule has 0 aromatic heterocycles. The predicted octanol–water partition coefficient (Wildman–Crippen LogP) is 1.68. The lowest BCUT2D eigenvalue weighted by atomic mass is 10.4. The zero-order valence-corrected chi connectivity index (χ0v) is 12.9. The standard InChI is InChI=1S/C11H24O6Si/c1-7-10-11(12-4,13-5)17-18(14-6,15-8-2)16-9-3/h7H,1,8-10H2,2-6H3. The van der Waals surface area contributed by atoms with Crippen molar-refractivity contribution >= 4 is 9.05 Å². The summed E-state index contributed by atoms with van der Waals surface area (Å²) in [5.74, 6) is -1.31. The summed E-state index contributed by atoms with van der Waals surface area (Å²) in [6, 6.07) is 0. The molecule has 0 radical (unpaired) electrons. The molecule has 0 saturated carbocycles. The van der Waals surface area contributed by atoms with Gasteiger partial charge < -0.3 is 22.8 Å². The van der Waals surface area contributed by atoms with Crippen molar-refractivity contribution in [1.82, 2.24) is 0 Å². The van der Waals surface area contributed by atoms with E-state index < -0.39 is 15.0 Å². The van der Waals surface area contributed by atoms with E-state index >= 15 is 0 Å². The Morgan fingerprint density at radius 1 is 1.06 bits per heavy atom. The van der Waals surface area contributed by atoms with Gasteiger partial charge in [0.25, 0.3) is 5.97 Å². The van der Waals surface area contributed by atoms with Gasteiger partial charge in [-0.1, -0.05) is 6.08 Å². The van der Waals surface area contributed by atoms with Crippen LogP contribution in [0.15, 0.2) is 12.7 Å². The molecule has 0 bridgehead atoms. The van der Waals surface area contributed by atoms with Crippen molar-refractivity contribution in [1.29, 1.82) is 0 Å². The van der Waals surface area contributed by atoms with E-state index in [-0.39, 0.29) is 0 Å². The zero-order valence-electron chi connectivity index (χ0n) is 11.9. The van der Waals surface area contributed by atoms with Crippen LogP contribution in [0.4, 0.5) is 0 Å². The Labute approximate surface area is 110 Å². The van der Waals surface area contributed by atoms with E-state index in [0.717, 1.165) is 0 Å². The summed E-state index contributed by atoms with van der Waals surface area (Å²) in [5, 5.41) is 0. The Hall–Kier alpha value is -0.283. The van der Waals surface area contributed by atoms with Crippen LogP contribution in [0, 0.1) is 0 Å². The molecule has 0 atom stereocenters. The molecule has 0 aliphatic carbocycles. The second kappa shape index (κ2) is 8.76. The molecule has 0 heterocycles. The van der Waals surface area contributed by atoms with Crippen LogP contribution in [0.3, 0.4) is 0 Å². The Morgan fingerprint density at radius 2 is 1.56 bits per heavy atom. The third-order valence-corrected chi connectivity index (χ3v) is 4.53. The molecule has 0 rings (SSSR count). The van der Waals surface area contributed by atoms with Crippen molar-refractivity contribution in [3.63, 3.8) is 0 Å². The van der Waals surface area contributed by atoms with Crippen LogP contribution in [-0.2, 0) is 27.2 Å². The van der Waals surface area contributed by atoms with Gasteiger partial charge in [-0.2, -0.15) is 0 Å². The first kappa shape index (κ1) is 17.7. The number of ether oxygens (including phenoxy) is 2. The molecule has 0 unspecified atom stereocenters. The molecule has 0 aromatic rings. The molecule has 0 aliphatic rings. The summed E-state index contributed by atoms with van der Waals surface area (Å²) in [6.45, 7) is 8.11. The normalized spacial score (nSPS) is 12.7. The van der Waals surface area contributed by atoms with Crippen molar-refractivity contribution in [2.24, 2.45) is 0 Å². The quantitative estimate of drug-likeness (QED) is 0.326. The maximum absolute atomic E-state index is 5.75. The number of rotatable bonds is 11. The van der Waals surface area contributed by atoms with Gasteiger partial charge in [-0.3, -0.25) is 4.43 Å². The summed E-state index contributed by atoms with van der Waals surface area (Å²) in [5.41, 5.74) is 0. The van der Waals surface area contributed by atoms with Crippen molar-refractivity contribution < 1.29 is 27.2 Å². The minimum absolute atomic E-state index is 0.318. The lowest BCUT2D eigenvalue weighted by Crippen LogP contribution is -2.56. The second-order valence-corrected chi connectivity index (χ2v) is 5.45. The smallest absolute Gasteiger partial charge is 0.354 e. The van der Waals surface area contributed by atoms with E-state index in [0.29, 0.717) is 19.6 Å². The zero-order chi connectivity index (χ0) is 14.1. The fraction of sp³-hybridized carbons (Fsp3) is 0.818. The lowest BCUT2D eigenvalue weighted by Gasteiger charge is -2.36. The minimum atomic E-state index is -3.28. The van der Waals surface area contributed by atoms with Crippen LogP contribution in [0.25, 0.3) is 0 Å². The number of hydrogen-bond donors (Lipinski definition) is 0. The van der Waals surface area contributed by atoms with Gasteiger partial charge in [0, 0.05) is 41.0 Å². The summed E-state index contributed by atoms with van der Waals surface area (Å²) < 4.78 is 32.6. The fourth-order valence-electron chi connectivity index (χ4n) is 1.36. The SMILES string of the molecule is C=CCC(OC)(OC)O[Si](OC)(OCC)OCC. The topological polar surface area (TPSA) is 55.4 Å². The van der Waals surface area contributed by atoms with Gasteiger partial charge in [-0.25, -0.2) is 0 Å². The Balaban J connectivity index is 5.04. The first-order valence-electron chi connectivity index (χ1n) is 5.82. The van der Waals surface area contributed by atoms with E-state index in [9.17, 15) is 0 Å². The van der Waals surface area contributed by atoms with Gasteiger partial charge >= 0.3 is 9.05 Å². The third-order valence-electron chi connectivity index (χ3n) is 2.19. The highest BCUT2D eigenvalue weighted by Gasteiger charge is 2.52. The first-order chi connectivity index (χ1) is 8.57. The van der Waals surface area contributed by atoms with Crippen LogP contribution in [0.1, 0.15) is 20.3 Å². The molecule has 7 heteroatoms. The van der Waals surface area contributed by atoms with Crippen LogP contribution < -0.4 is 0 Å². The molecule has 0 aliphatic heterocycles. The molecule has 18 heavy (non-hydrogen) atoms. The second-order valence-electron chi connectivity index (χ2n) is 3.26. The van der Waals surface area contributed by atoms with Crippen LogP contribution in [0.5, 0.6) is 0 Å². The Bertz CT molecular complexity index is 226. The molecular formula is C11H24O6Si. The van der Waals surface area contributed by atoms with E-state index in [1.807, 2.05) is 13.8 Å². The van der Waals surface area contributed by atoms with Crippen LogP contribution in [-0.4, -0.2) is 49.6 Å². The maximum atomic E-state index is 5.75. The minimum Gasteiger partial charge on any atom is -0.354 e. The van der Waals surface area contributed by atoms with E-state index in [2.05, 4.69) is 6.58 Å². The van der Waals surface area contributed by atoms with Crippen molar-refractivity contribution in [2.45, 2.75) is 26.2 Å².